The molecule has 1 aromatic rings. The molecule has 0 aliphatic carbocycles. The minimum absolute atomic E-state index is 0. The van der Waals surface area contributed by atoms with E-state index in [1.54, 1.807) is 19.2 Å². The lowest BCUT2D eigenvalue weighted by atomic mass is 10.3. The van der Waals surface area contributed by atoms with Crippen molar-refractivity contribution >= 4 is 41.5 Å². The zero-order valence-electron chi connectivity index (χ0n) is 9.89. The molecule has 0 aliphatic rings. The van der Waals surface area contributed by atoms with Gasteiger partial charge in [-0.25, -0.2) is 0 Å². The Labute approximate surface area is 124 Å². The maximum atomic E-state index is 5.76. The van der Waals surface area contributed by atoms with Gasteiger partial charge in [-0.2, -0.15) is 0 Å². The van der Waals surface area contributed by atoms with E-state index in [9.17, 15) is 0 Å². The van der Waals surface area contributed by atoms with Crippen molar-refractivity contribution in [3.63, 3.8) is 0 Å². The SMILES string of the molecule is CN=C(N)N(C)CCOc1ccc(Cl)cc1.I. The van der Waals surface area contributed by atoms with Gasteiger partial charge in [-0.1, -0.05) is 11.6 Å². The molecule has 0 heterocycles. The number of hydrogen-bond donors (Lipinski definition) is 1. The van der Waals surface area contributed by atoms with Gasteiger partial charge in [-0.05, 0) is 24.3 Å². The number of nitrogens with zero attached hydrogens (tertiary/aromatic N) is 2. The highest BCUT2D eigenvalue weighted by Crippen LogP contribution is 2.15. The minimum atomic E-state index is 0. The molecule has 0 unspecified atom stereocenters. The fourth-order valence-corrected chi connectivity index (χ4v) is 1.24. The summed E-state index contributed by atoms with van der Waals surface area (Å²) in [6.45, 7) is 1.24. The minimum Gasteiger partial charge on any atom is -0.492 e. The van der Waals surface area contributed by atoms with Gasteiger partial charge in [0, 0.05) is 19.1 Å². The molecule has 0 radical (unpaired) electrons. The van der Waals surface area contributed by atoms with Crippen molar-refractivity contribution in [3.8, 4) is 5.75 Å². The summed E-state index contributed by atoms with van der Waals surface area (Å²) >= 11 is 5.76. The van der Waals surface area contributed by atoms with E-state index in [-0.39, 0.29) is 24.0 Å². The number of guanidine groups is 1. The van der Waals surface area contributed by atoms with Crippen LogP contribution in [-0.4, -0.2) is 38.1 Å². The summed E-state index contributed by atoms with van der Waals surface area (Å²) in [5.41, 5.74) is 5.62. The second kappa shape index (κ2) is 8.41. The molecule has 0 bridgehead atoms. The zero-order chi connectivity index (χ0) is 12.0. The Morgan fingerprint density at radius 2 is 2.00 bits per heavy atom. The van der Waals surface area contributed by atoms with E-state index in [0.29, 0.717) is 24.1 Å². The second-order valence-corrected chi connectivity index (χ2v) is 3.74. The van der Waals surface area contributed by atoms with Crippen LogP contribution in [0, 0.1) is 0 Å². The van der Waals surface area contributed by atoms with Crippen LogP contribution in [0.3, 0.4) is 0 Å². The molecule has 0 aliphatic heterocycles. The molecule has 17 heavy (non-hydrogen) atoms. The van der Waals surface area contributed by atoms with Crippen LogP contribution in [0.4, 0.5) is 0 Å². The van der Waals surface area contributed by atoms with Gasteiger partial charge in [0.1, 0.15) is 12.4 Å². The molecule has 0 aromatic heterocycles. The number of halogens is 2. The third-order valence-electron chi connectivity index (χ3n) is 2.13. The Kier molecular flexibility index (Phi) is 8.07. The topological polar surface area (TPSA) is 50.8 Å². The first-order valence-electron chi connectivity index (χ1n) is 4.95. The van der Waals surface area contributed by atoms with Crippen LogP contribution in [0.1, 0.15) is 0 Å². The molecule has 0 atom stereocenters. The molecule has 96 valence electrons. The third kappa shape index (κ3) is 5.97. The van der Waals surface area contributed by atoms with Crippen LogP contribution in [-0.2, 0) is 0 Å². The first-order chi connectivity index (χ1) is 7.63. The number of likely N-dealkylation sites (N-methyl/N-ethyl adjacent to an activating group) is 1. The van der Waals surface area contributed by atoms with Gasteiger partial charge >= 0.3 is 0 Å². The average molecular weight is 370 g/mol. The van der Waals surface area contributed by atoms with E-state index in [0.717, 1.165) is 5.75 Å². The van der Waals surface area contributed by atoms with Crippen LogP contribution in [0.25, 0.3) is 0 Å². The number of hydrogen-bond acceptors (Lipinski definition) is 2. The molecule has 1 rings (SSSR count). The summed E-state index contributed by atoms with van der Waals surface area (Å²) in [7, 11) is 3.53. The number of rotatable bonds is 4. The normalized spacial score (nSPS) is 10.6. The lowest BCUT2D eigenvalue weighted by molar-refractivity contribution is 0.283. The lowest BCUT2D eigenvalue weighted by Crippen LogP contribution is -2.36. The largest absolute Gasteiger partial charge is 0.492 e. The summed E-state index contributed by atoms with van der Waals surface area (Å²) in [5, 5.41) is 0.701. The first-order valence-corrected chi connectivity index (χ1v) is 5.33. The fourth-order valence-electron chi connectivity index (χ4n) is 1.12. The molecule has 6 heteroatoms. The van der Waals surface area contributed by atoms with Crippen molar-refractivity contribution in [3.05, 3.63) is 29.3 Å². The van der Waals surface area contributed by atoms with Gasteiger partial charge in [0.2, 0.25) is 0 Å². The highest BCUT2D eigenvalue weighted by molar-refractivity contribution is 14.0. The van der Waals surface area contributed by atoms with Gasteiger partial charge in [-0.15, -0.1) is 24.0 Å². The van der Waals surface area contributed by atoms with Crippen LogP contribution in [0.5, 0.6) is 5.75 Å². The van der Waals surface area contributed by atoms with Crippen molar-refractivity contribution in [2.24, 2.45) is 10.7 Å². The summed E-state index contributed by atoms with van der Waals surface area (Å²) in [6, 6.07) is 7.25. The lowest BCUT2D eigenvalue weighted by Gasteiger charge is -2.17. The van der Waals surface area contributed by atoms with Crippen molar-refractivity contribution in [1.82, 2.24) is 4.90 Å². The summed E-state index contributed by atoms with van der Waals surface area (Å²) in [6.07, 6.45) is 0. The standard InChI is InChI=1S/C11H16ClN3O.HI/c1-14-11(13)15(2)7-8-16-10-5-3-9(12)4-6-10;/h3-6H,7-8H2,1-2H3,(H2,13,14);1H. The molecule has 0 spiro atoms. The number of aliphatic imine (C=N–C) groups is 1. The van der Waals surface area contributed by atoms with E-state index >= 15 is 0 Å². The summed E-state index contributed by atoms with van der Waals surface area (Å²) in [4.78, 5) is 5.70. The van der Waals surface area contributed by atoms with Crippen molar-refractivity contribution < 1.29 is 4.74 Å². The maximum absolute atomic E-state index is 5.76. The van der Waals surface area contributed by atoms with E-state index < -0.39 is 0 Å². The van der Waals surface area contributed by atoms with E-state index in [2.05, 4.69) is 4.99 Å². The first kappa shape index (κ1) is 16.3. The van der Waals surface area contributed by atoms with Crippen molar-refractivity contribution in [2.45, 2.75) is 0 Å². The predicted molar refractivity (Wildman–Crippen MR) is 82.5 cm³/mol. The summed E-state index contributed by atoms with van der Waals surface area (Å²) in [5.74, 6) is 1.30. The van der Waals surface area contributed by atoms with Gasteiger partial charge in [0.15, 0.2) is 5.96 Å². The molecule has 2 N–H and O–H groups in total. The van der Waals surface area contributed by atoms with Crippen LogP contribution in [0.2, 0.25) is 5.02 Å². The molecule has 0 saturated carbocycles. The monoisotopic (exact) mass is 369 g/mol. The maximum Gasteiger partial charge on any atom is 0.190 e. The molecule has 4 nitrogen and oxygen atoms in total. The smallest absolute Gasteiger partial charge is 0.190 e. The van der Waals surface area contributed by atoms with Gasteiger partial charge < -0.3 is 15.4 Å². The van der Waals surface area contributed by atoms with Crippen LogP contribution in [0.15, 0.2) is 29.3 Å². The van der Waals surface area contributed by atoms with Crippen LogP contribution < -0.4 is 10.5 Å². The number of benzene rings is 1. The Bertz CT molecular complexity index is 356. The van der Waals surface area contributed by atoms with Gasteiger partial charge in [0.25, 0.3) is 0 Å². The fraction of sp³-hybridized carbons (Fsp3) is 0.364. The van der Waals surface area contributed by atoms with Crippen molar-refractivity contribution in [2.75, 3.05) is 27.2 Å². The Morgan fingerprint density at radius 1 is 1.41 bits per heavy atom. The highest BCUT2D eigenvalue weighted by atomic mass is 127. The Hall–Kier alpha value is -0.690. The second-order valence-electron chi connectivity index (χ2n) is 3.31. The Balaban J connectivity index is 0.00000256. The predicted octanol–water partition coefficient (Wildman–Crippen LogP) is 2.21. The molecular formula is C11H17ClIN3O. The third-order valence-corrected chi connectivity index (χ3v) is 2.38. The number of nitrogens with two attached hydrogens (primary N) is 1. The zero-order valence-corrected chi connectivity index (χ0v) is 13.0. The molecule has 0 fully saturated rings. The highest BCUT2D eigenvalue weighted by Gasteiger charge is 2.00. The molecule has 0 amide bonds. The molecule has 0 saturated heterocycles. The van der Waals surface area contributed by atoms with Crippen molar-refractivity contribution in [1.29, 1.82) is 0 Å². The van der Waals surface area contributed by atoms with E-state index in [1.807, 2.05) is 24.1 Å². The Morgan fingerprint density at radius 3 is 2.53 bits per heavy atom. The van der Waals surface area contributed by atoms with E-state index in [1.165, 1.54) is 0 Å². The van der Waals surface area contributed by atoms with Crippen LogP contribution >= 0.6 is 35.6 Å². The van der Waals surface area contributed by atoms with Gasteiger partial charge in [0.05, 0.1) is 6.54 Å². The quantitative estimate of drug-likeness (QED) is 0.503. The summed E-state index contributed by atoms with van der Waals surface area (Å²) < 4.78 is 5.52. The average Bonchev–Trinajstić information content (AvgIpc) is 2.30. The molecule has 1 aromatic carbocycles. The van der Waals surface area contributed by atoms with E-state index in [4.69, 9.17) is 22.1 Å². The van der Waals surface area contributed by atoms with Gasteiger partial charge in [-0.3, -0.25) is 4.99 Å². The molecular weight excluding hydrogens is 352 g/mol. The number of ether oxygens (including phenoxy) is 1.